The van der Waals surface area contributed by atoms with Crippen LogP contribution < -0.4 is 5.32 Å². The zero-order valence-electron chi connectivity index (χ0n) is 10.8. The Morgan fingerprint density at radius 3 is 2.90 bits per heavy atom. The molecule has 1 heterocycles. The molecule has 1 aromatic carbocycles. The Morgan fingerprint density at radius 2 is 2.15 bits per heavy atom. The summed E-state index contributed by atoms with van der Waals surface area (Å²) in [6.45, 7) is 0. The second kappa shape index (κ2) is 6.27. The van der Waals surface area contributed by atoms with Crippen LogP contribution in [0.3, 0.4) is 0 Å². The van der Waals surface area contributed by atoms with Crippen molar-refractivity contribution in [3.8, 4) is 0 Å². The van der Waals surface area contributed by atoms with Crippen LogP contribution >= 0.6 is 11.8 Å². The number of carbonyl (C=O) groups excluding carboxylic acids is 1. The second-order valence-corrected chi connectivity index (χ2v) is 6.68. The van der Waals surface area contributed by atoms with Crippen molar-refractivity contribution < 1.29 is 17.9 Å². The van der Waals surface area contributed by atoms with Gasteiger partial charge < -0.3 is 10.1 Å². The van der Waals surface area contributed by atoms with E-state index in [-0.39, 0.29) is 10.9 Å². The van der Waals surface area contributed by atoms with Crippen LogP contribution in [0.4, 0.5) is 5.69 Å². The van der Waals surface area contributed by atoms with Crippen LogP contribution in [0.25, 0.3) is 0 Å². The third kappa shape index (κ3) is 3.51. The van der Waals surface area contributed by atoms with Gasteiger partial charge in [0.1, 0.15) is 4.90 Å². The number of hydrogen-bond donors (Lipinski definition) is 1. The smallest absolute Gasteiger partial charge is 0.305 e. The van der Waals surface area contributed by atoms with Crippen molar-refractivity contribution in [1.29, 1.82) is 0 Å². The molecule has 1 aliphatic heterocycles. The first-order valence-electron chi connectivity index (χ1n) is 5.93. The molecule has 20 heavy (non-hydrogen) atoms. The fourth-order valence-electron chi connectivity index (χ4n) is 1.64. The number of hydrogen-bond acceptors (Lipinski definition) is 6. The highest BCUT2D eigenvalue weighted by atomic mass is 32.2. The topological polar surface area (TPSA) is 84.8 Å². The van der Waals surface area contributed by atoms with Crippen LogP contribution in [0, 0.1) is 0 Å². The second-order valence-electron chi connectivity index (χ2n) is 4.02. The van der Waals surface area contributed by atoms with Crippen molar-refractivity contribution >= 4 is 38.6 Å². The summed E-state index contributed by atoms with van der Waals surface area (Å²) in [6, 6.07) is 6.62. The molecule has 1 N–H and O–H groups in total. The van der Waals surface area contributed by atoms with E-state index in [4.69, 9.17) is 0 Å². The number of para-hydroxylation sites is 1. The lowest BCUT2D eigenvalue weighted by Gasteiger charge is -2.17. The number of thioether (sulfide) groups is 1. The van der Waals surface area contributed by atoms with Crippen LogP contribution in [0.15, 0.2) is 33.6 Å². The maximum atomic E-state index is 12.0. The molecule has 0 aromatic heterocycles. The summed E-state index contributed by atoms with van der Waals surface area (Å²) in [6.07, 6.45) is 0.903. The number of nitrogens with one attached hydrogen (secondary N) is 1. The number of sulfonamides is 1. The minimum Gasteiger partial charge on any atom is -0.469 e. The zero-order chi connectivity index (χ0) is 14.6. The van der Waals surface area contributed by atoms with E-state index < -0.39 is 10.0 Å². The van der Waals surface area contributed by atoms with E-state index >= 15 is 0 Å². The summed E-state index contributed by atoms with van der Waals surface area (Å²) < 4.78 is 32.2. The van der Waals surface area contributed by atoms with E-state index in [2.05, 4.69) is 14.5 Å². The Labute approximate surface area is 121 Å². The van der Waals surface area contributed by atoms with Crippen LogP contribution in [0.2, 0.25) is 0 Å². The first-order valence-corrected chi connectivity index (χ1v) is 8.36. The number of methoxy groups -OCH3 is 1. The van der Waals surface area contributed by atoms with Gasteiger partial charge in [0.2, 0.25) is 0 Å². The number of anilines is 1. The van der Waals surface area contributed by atoms with Crippen LogP contribution in [-0.2, 0) is 19.6 Å². The molecule has 0 spiro atoms. The van der Waals surface area contributed by atoms with Crippen LogP contribution in [0.5, 0.6) is 0 Å². The molecule has 6 nitrogen and oxygen atoms in total. The molecular weight excluding hydrogens is 300 g/mol. The highest BCUT2D eigenvalue weighted by molar-refractivity contribution is 8.14. The van der Waals surface area contributed by atoms with Gasteiger partial charge in [-0.2, -0.15) is 8.42 Å². The number of esters is 1. The summed E-state index contributed by atoms with van der Waals surface area (Å²) in [5.41, 5.74) is 0.526. The molecule has 0 unspecified atom stereocenters. The fourth-order valence-corrected chi connectivity index (χ4v) is 3.82. The molecule has 2 rings (SSSR count). The van der Waals surface area contributed by atoms with Gasteiger partial charge in [0.05, 0.1) is 12.8 Å². The van der Waals surface area contributed by atoms with Crippen molar-refractivity contribution in [1.82, 2.24) is 0 Å². The van der Waals surface area contributed by atoms with Crippen molar-refractivity contribution in [2.45, 2.75) is 17.7 Å². The Bertz CT molecular complexity index is 641. The standard InChI is InChI=1S/C12H14N2O4S2/c1-18-11(15)7-4-8-19-12-13-9-5-2-3-6-10(9)20(16,17)14-12/h2-3,5-6H,4,7-8H2,1H3,(H,13,14). The SMILES string of the molecule is COC(=O)CCCSC1=NS(=O)(=O)c2ccccc2N1. The number of rotatable bonds is 4. The Morgan fingerprint density at radius 1 is 1.40 bits per heavy atom. The number of carbonyl (C=O) groups is 1. The predicted octanol–water partition coefficient (Wildman–Crippen LogP) is 1.84. The van der Waals surface area contributed by atoms with Gasteiger partial charge in [-0.15, -0.1) is 4.40 Å². The van der Waals surface area contributed by atoms with Crippen molar-refractivity contribution in [2.24, 2.45) is 4.40 Å². The molecular formula is C12H14N2O4S2. The highest BCUT2D eigenvalue weighted by Gasteiger charge is 2.24. The Hall–Kier alpha value is -1.54. The molecule has 0 saturated carbocycles. The molecule has 0 radical (unpaired) electrons. The van der Waals surface area contributed by atoms with Gasteiger partial charge in [-0.25, -0.2) is 0 Å². The summed E-state index contributed by atoms with van der Waals surface area (Å²) in [5.74, 6) is 0.306. The maximum absolute atomic E-state index is 12.0. The van der Waals surface area contributed by atoms with Gasteiger partial charge in [0.15, 0.2) is 5.17 Å². The molecule has 0 fully saturated rings. The lowest BCUT2D eigenvalue weighted by molar-refractivity contribution is -0.140. The minimum absolute atomic E-state index is 0.180. The molecule has 1 aliphatic rings. The van der Waals surface area contributed by atoms with Crippen molar-refractivity contribution in [2.75, 3.05) is 18.2 Å². The summed E-state index contributed by atoms with van der Waals surface area (Å²) >= 11 is 1.27. The molecule has 0 saturated heterocycles. The minimum atomic E-state index is -3.64. The third-order valence-electron chi connectivity index (χ3n) is 2.60. The van der Waals surface area contributed by atoms with E-state index in [1.165, 1.54) is 24.9 Å². The summed E-state index contributed by atoms with van der Waals surface area (Å²) in [5, 5.41) is 3.30. The molecule has 0 atom stereocenters. The lowest BCUT2D eigenvalue weighted by Crippen LogP contribution is -2.19. The average molecular weight is 314 g/mol. The number of benzene rings is 1. The molecule has 0 bridgehead atoms. The quantitative estimate of drug-likeness (QED) is 0.674. The molecule has 0 amide bonds. The van der Waals surface area contributed by atoms with E-state index in [1.807, 2.05) is 0 Å². The maximum Gasteiger partial charge on any atom is 0.305 e. The van der Waals surface area contributed by atoms with Crippen molar-refractivity contribution in [3.63, 3.8) is 0 Å². The van der Waals surface area contributed by atoms with Crippen molar-refractivity contribution in [3.05, 3.63) is 24.3 Å². The van der Waals surface area contributed by atoms with Gasteiger partial charge in [0.25, 0.3) is 10.0 Å². The lowest BCUT2D eigenvalue weighted by atomic mass is 10.3. The third-order valence-corrected chi connectivity index (χ3v) is 5.01. The number of nitrogens with zero attached hydrogens (tertiary/aromatic N) is 1. The fraction of sp³-hybridized carbons (Fsp3) is 0.333. The largest absolute Gasteiger partial charge is 0.469 e. The van der Waals surface area contributed by atoms with Gasteiger partial charge >= 0.3 is 5.97 Å². The number of fused-ring (bicyclic) bond motifs is 1. The van der Waals surface area contributed by atoms with Gasteiger partial charge in [0, 0.05) is 12.2 Å². The highest BCUT2D eigenvalue weighted by Crippen LogP contribution is 2.29. The first-order chi connectivity index (χ1) is 9.53. The van der Waals surface area contributed by atoms with E-state index in [0.29, 0.717) is 29.4 Å². The molecule has 8 heteroatoms. The normalized spacial score (nSPS) is 15.8. The number of ether oxygens (including phenoxy) is 1. The van der Waals surface area contributed by atoms with Gasteiger partial charge in [-0.05, 0) is 18.6 Å². The molecule has 108 valence electrons. The first kappa shape index (κ1) is 14.9. The Balaban J connectivity index is 1.98. The van der Waals surface area contributed by atoms with Crippen LogP contribution in [-0.4, -0.2) is 32.4 Å². The molecule has 0 aliphatic carbocycles. The summed E-state index contributed by atoms with van der Waals surface area (Å²) in [4.78, 5) is 11.1. The van der Waals surface area contributed by atoms with Gasteiger partial charge in [-0.3, -0.25) is 4.79 Å². The Kier molecular flexibility index (Phi) is 4.66. The zero-order valence-corrected chi connectivity index (χ0v) is 12.5. The van der Waals surface area contributed by atoms with E-state index in [0.717, 1.165) is 0 Å². The molecule has 1 aromatic rings. The predicted molar refractivity (Wildman–Crippen MR) is 78.4 cm³/mol. The van der Waals surface area contributed by atoms with E-state index in [9.17, 15) is 13.2 Å². The van der Waals surface area contributed by atoms with E-state index in [1.54, 1.807) is 18.2 Å². The number of amidine groups is 1. The average Bonchev–Trinajstić information content (AvgIpc) is 2.42. The van der Waals surface area contributed by atoms with Gasteiger partial charge in [-0.1, -0.05) is 23.9 Å². The summed E-state index contributed by atoms with van der Waals surface area (Å²) in [7, 11) is -2.30. The van der Waals surface area contributed by atoms with Crippen LogP contribution in [0.1, 0.15) is 12.8 Å². The monoisotopic (exact) mass is 314 g/mol.